The first-order chi connectivity index (χ1) is 11.2. The molecule has 0 aliphatic heterocycles. The van der Waals surface area contributed by atoms with Crippen molar-refractivity contribution in [3.63, 3.8) is 0 Å². The number of nitrogens with one attached hydrogen (secondary N) is 2. The van der Waals surface area contributed by atoms with E-state index in [-0.39, 0.29) is 11.9 Å². The van der Waals surface area contributed by atoms with Crippen LogP contribution in [0.4, 0.5) is 5.00 Å². The van der Waals surface area contributed by atoms with Gasteiger partial charge in [-0.05, 0) is 32.1 Å². The van der Waals surface area contributed by atoms with Crippen LogP contribution in [0.5, 0.6) is 0 Å². The number of carbonyl (C=O) groups excluding carboxylic acids is 1. The molecule has 2 aliphatic carbocycles. The van der Waals surface area contributed by atoms with Gasteiger partial charge in [0.1, 0.15) is 5.00 Å². The maximum absolute atomic E-state index is 12.7. The zero-order valence-corrected chi connectivity index (χ0v) is 14.4. The average molecular weight is 332 g/mol. The van der Waals surface area contributed by atoms with Gasteiger partial charge in [0, 0.05) is 5.92 Å². The summed E-state index contributed by atoms with van der Waals surface area (Å²) in [5.74, 6) is 0.592. The Balaban J connectivity index is 1.66. The van der Waals surface area contributed by atoms with Crippen LogP contribution in [-0.2, 0) is 4.79 Å². The lowest BCUT2D eigenvalue weighted by Crippen LogP contribution is -2.58. The van der Waals surface area contributed by atoms with Gasteiger partial charge >= 0.3 is 0 Å². The molecule has 2 fully saturated rings. The van der Waals surface area contributed by atoms with Crippen LogP contribution in [0.2, 0.25) is 0 Å². The first-order valence-corrected chi connectivity index (χ1v) is 9.43. The summed E-state index contributed by atoms with van der Waals surface area (Å²) in [5.41, 5.74) is -0.454. The van der Waals surface area contributed by atoms with E-state index in [1.807, 2.05) is 13.1 Å². The molecule has 1 amide bonds. The van der Waals surface area contributed by atoms with Gasteiger partial charge in [-0.25, -0.2) is 4.98 Å². The molecular weight excluding hydrogens is 308 g/mol. The van der Waals surface area contributed by atoms with Crippen LogP contribution in [0.3, 0.4) is 0 Å². The smallest absolute Gasteiger partial charge is 0.233 e. The molecule has 0 radical (unpaired) electrons. The summed E-state index contributed by atoms with van der Waals surface area (Å²) < 4.78 is 0. The van der Waals surface area contributed by atoms with Gasteiger partial charge in [-0.3, -0.25) is 4.79 Å². The molecule has 0 bridgehead atoms. The molecule has 0 aromatic carbocycles. The Morgan fingerprint density at radius 3 is 2.83 bits per heavy atom. The van der Waals surface area contributed by atoms with Gasteiger partial charge in [-0.2, -0.15) is 5.26 Å². The third kappa shape index (κ3) is 3.07. The maximum atomic E-state index is 12.7. The normalized spacial score (nSPS) is 27.7. The number of aromatic nitrogens is 1. The van der Waals surface area contributed by atoms with E-state index in [0.717, 1.165) is 29.3 Å². The minimum absolute atomic E-state index is 0.0258. The van der Waals surface area contributed by atoms with Crippen LogP contribution >= 0.6 is 11.3 Å². The molecule has 2 N–H and O–H groups in total. The molecule has 2 aliphatic rings. The fourth-order valence-electron chi connectivity index (χ4n) is 3.90. The second-order valence-electron chi connectivity index (χ2n) is 6.71. The van der Waals surface area contributed by atoms with Crippen molar-refractivity contribution < 1.29 is 4.79 Å². The SMILES string of the molecule is CCC1(C(=O)Nc2cnc(C3CCCCC3)s2)CCC1NC#N. The van der Waals surface area contributed by atoms with Crippen LogP contribution in [0, 0.1) is 16.9 Å². The Bertz CT molecular complexity index is 598. The molecule has 3 rings (SSSR count). The monoisotopic (exact) mass is 332 g/mol. The molecule has 0 saturated heterocycles. The van der Waals surface area contributed by atoms with Gasteiger partial charge < -0.3 is 10.6 Å². The number of hydrogen-bond donors (Lipinski definition) is 2. The largest absolute Gasteiger partial charge is 0.320 e. The van der Waals surface area contributed by atoms with Crippen molar-refractivity contribution in [2.75, 3.05) is 5.32 Å². The summed E-state index contributed by atoms with van der Waals surface area (Å²) in [7, 11) is 0. The predicted octanol–water partition coefficient (Wildman–Crippen LogP) is 3.76. The Kier molecular flexibility index (Phi) is 4.86. The molecule has 2 atom stereocenters. The molecule has 1 aromatic rings. The number of rotatable bonds is 5. The van der Waals surface area contributed by atoms with Crippen molar-refractivity contribution >= 4 is 22.2 Å². The van der Waals surface area contributed by atoms with E-state index >= 15 is 0 Å². The topological polar surface area (TPSA) is 77.8 Å². The number of amides is 1. The van der Waals surface area contributed by atoms with Gasteiger partial charge in [-0.15, -0.1) is 11.3 Å². The minimum Gasteiger partial charge on any atom is -0.320 e. The van der Waals surface area contributed by atoms with Crippen LogP contribution in [-0.4, -0.2) is 16.9 Å². The summed E-state index contributed by atoms with van der Waals surface area (Å²) in [5, 5.41) is 16.7. The first-order valence-electron chi connectivity index (χ1n) is 8.61. The fraction of sp³-hybridized carbons (Fsp3) is 0.706. The molecule has 0 spiro atoms. The number of hydrogen-bond acceptors (Lipinski definition) is 5. The van der Waals surface area contributed by atoms with E-state index in [9.17, 15) is 4.79 Å². The summed E-state index contributed by atoms with van der Waals surface area (Å²) in [6, 6.07) is -0.0387. The molecule has 1 aromatic heterocycles. The Labute approximate surface area is 141 Å². The first kappa shape index (κ1) is 16.3. The van der Waals surface area contributed by atoms with Gasteiger partial charge in [0.05, 0.1) is 22.7 Å². The van der Waals surface area contributed by atoms with Crippen LogP contribution in [0.15, 0.2) is 6.20 Å². The van der Waals surface area contributed by atoms with Crippen molar-refractivity contribution in [2.24, 2.45) is 5.41 Å². The molecule has 2 saturated carbocycles. The van der Waals surface area contributed by atoms with Crippen LogP contribution in [0.25, 0.3) is 0 Å². The van der Waals surface area contributed by atoms with E-state index in [1.165, 1.54) is 32.1 Å². The van der Waals surface area contributed by atoms with Crippen molar-refractivity contribution in [3.8, 4) is 6.19 Å². The fourth-order valence-corrected chi connectivity index (χ4v) is 4.88. The second kappa shape index (κ2) is 6.88. The van der Waals surface area contributed by atoms with Gasteiger partial charge in [0.25, 0.3) is 0 Å². The minimum atomic E-state index is -0.454. The van der Waals surface area contributed by atoms with Gasteiger partial charge in [0.2, 0.25) is 5.91 Å². The lowest BCUT2D eigenvalue weighted by atomic mass is 9.62. The highest BCUT2D eigenvalue weighted by molar-refractivity contribution is 7.15. The Morgan fingerprint density at radius 1 is 1.43 bits per heavy atom. The Hall–Kier alpha value is -1.61. The van der Waals surface area contributed by atoms with Gasteiger partial charge in [-0.1, -0.05) is 26.2 Å². The quantitative estimate of drug-likeness (QED) is 0.636. The zero-order chi connectivity index (χ0) is 16.3. The number of nitriles is 1. The summed E-state index contributed by atoms with van der Waals surface area (Å²) >= 11 is 1.62. The van der Waals surface area contributed by atoms with Crippen molar-refractivity contribution in [1.29, 1.82) is 5.26 Å². The van der Waals surface area contributed by atoms with Crippen molar-refractivity contribution in [2.45, 2.75) is 70.3 Å². The number of carbonyl (C=O) groups is 1. The molecule has 5 nitrogen and oxygen atoms in total. The number of thiazole rings is 1. The van der Waals surface area contributed by atoms with Crippen molar-refractivity contribution in [1.82, 2.24) is 10.3 Å². The van der Waals surface area contributed by atoms with E-state index in [1.54, 1.807) is 17.5 Å². The van der Waals surface area contributed by atoms with Gasteiger partial charge in [0.15, 0.2) is 6.19 Å². The lowest BCUT2D eigenvalue weighted by molar-refractivity contribution is -0.132. The molecular formula is C17H24N4OS. The average Bonchev–Trinajstić information content (AvgIpc) is 3.02. The van der Waals surface area contributed by atoms with Crippen molar-refractivity contribution in [3.05, 3.63) is 11.2 Å². The third-order valence-corrected chi connectivity index (χ3v) is 6.66. The second-order valence-corrected chi connectivity index (χ2v) is 7.77. The standard InChI is InChI=1S/C17H24N4OS/c1-2-17(9-8-13(17)20-11-18)16(22)21-14-10-19-15(23-14)12-6-4-3-5-7-12/h10,12-13,20H,2-9H2,1H3,(H,21,22). The molecule has 124 valence electrons. The summed E-state index contributed by atoms with van der Waals surface area (Å²) in [6.07, 6.45) is 12.6. The number of anilines is 1. The highest BCUT2D eigenvalue weighted by Crippen LogP contribution is 2.45. The molecule has 6 heteroatoms. The number of nitrogens with zero attached hydrogens (tertiary/aromatic N) is 2. The molecule has 1 heterocycles. The molecule has 23 heavy (non-hydrogen) atoms. The molecule has 2 unspecified atom stereocenters. The third-order valence-electron chi connectivity index (χ3n) is 5.58. The van der Waals surface area contributed by atoms with Crippen LogP contribution < -0.4 is 10.6 Å². The van der Waals surface area contributed by atoms with E-state index in [4.69, 9.17) is 5.26 Å². The highest BCUT2D eigenvalue weighted by Gasteiger charge is 2.51. The highest BCUT2D eigenvalue weighted by atomic mass is 32.1. The van der Waals surface area contributed by atoms with E-state index in [2.05, 4.69) is 15.6 Å². The summed E-state index contributed by atoms with van der Waals surface area (Å²) in [6.45, 7) is 2.02. The van der Waals surface area contributed by atoms with Crippen LogP contribution in [0.1, 0.15) is 69.2 Å². The van der Waals surface area contributed by atoms with E-state index < -0.39 is 5.41 Å². The lowest BCUT2D eigenvalue weighted by Gasteiger charge is -2.46. The predicted molar refractivity (Wildman–Crippen MR) is 91.1 cm³/mol. The Morgan fingerprint density at radius 2 is 2.22 bits per heavy atom. The zero-order valence-electron chi connectivity index (χ0n) is 13.6. The summed E-state index contributed by atoms with van der Waals surface area (Å²) in [4.78, 5) is 17.3. The maximum Gasteiger partial charge on any atom is 0.233 e. The van der Waals surface area contributed by atoms with E-state index in [0.29, 0.717) is 5.92 Å².